The molecule has 10 heterocycles. The largest absolute Gasteiger partial charge is 0.433 e. The number of aromatic nitrogens is 12. The zero-order valence-electron chi connectivity index (χ0n) is 57.0. The van der Waals surface area contributed by atoms with Crippen molar-refractivity contribution in [3.63, 3.8) is 0 Å². The number of nitrogens with two attached hydrogens (primary N) is 3. The summed E-state index contributed by atoms with van der Waals surface area (Å²) in [6.45, 7) is 19.3. The highest BCUT2D eigenvalue weighted by molar-refractivity contribution is 5.67. The maximum atomic E-state index is 14.9. The predicted molar refractivity (Wildman–Crippen MR) is 368 cm³/mol. The number of anilines is 3. The highest BCUT2D eigenvalue weighted by atomic mass is 19.1. The molecule has 0 atom stereocenters. The van der Waals surface area contributed by atoms with Crippen LogP contribution < -0.4 is 31.4 Å². The van der Waals surface area contributed by atoms with Crippen molar-refractivity contribution in [1.29, 1.82) is 5.26 Å². The molecule has 25 heteroatoms. The van der Waals surface area contributed by atoms with Crippen LogP contribution in [0.2, 0.25) is 0 Å². The van der Waals surface area contributed by atoms with E-state index in [1.54, 1.807) is 52.7 Å². The van der Waals surface area contributed by atoms with Gasteiger partial charge >= 0.3 is 0 Å². The topological polar surface area (TPSA) is 300 Å². The minimum atomic E-state index is -1.32. The van der Waals surface area contributed by atoms with E-state index in [4.69, 9.17) is 46.4 Å². The number of nitriles is 1. The summed E-state index contributed by atoms with van der Waals surface area (Å²) in [6.07, 6.45) is 22.6. The third kappa shape index (κ3) is 16.0. The van der Waals surface area contributed by atoms with Gasteiger partial charge in [0.05, 0.1) is 109 Å². The van der Waals surface area contributed by atoms with Gasteiger partial charge in [0, 0.05) is 82.0 Å². The van der Waals surface area contributed by atoms with Crippen molar-refractivity contribution < 1.29 is 28.4 Å². The molecule has 5 aliphatic rings. The fourth-order valence-electron chi connectivity index (χ4n) is 13.4. The van der Waals surface area contributed by atoms with Crippen LogP contribution >= 0.6 is 0 Å². The van der Waals surface area contributed by atoms with Crippen molar-refractivity contribution in [3.8, 4) is 74.7 Å². The average Bonchev–Trinajstić information content (AvgIpc) is 1.41. The third-order valence-corrected chi connectivity index (χ3v) is 19.2. The van der Waals surface area contributed by atoms with Gasteiger partial charge in [-0.15, -0.1) is 0 Å². The summed E-state index contributed by atoms with van der Waals surface area (Å²) in [6, 6.07) is 15.5. The van der Waals surface area contributed by atoms with Crippen molar-refractivity contribution in [2.24, 2.45) is 0 Å². The molecule has 3 aromatic carbocycles. The predicted octanol–water partition coefficient (Wildman–Crippen LogP) is 11.1. The molecule has 0 unspecified atom stereocenters. The average molecular weight is 1320 g/mol. The van der Waals surface area contributed by atoms with Crippen molar-refractivity contribution in [1.82, 2.24) is 73.9 Å². The quantitative estimate of drug-likeness (QED) is 0.0786. The number of fused-ring (bicyclic) bond motifs is 3. The summed E-state index contributed by atoms with van der Waals surface area (Å²) in [7, 11) is 6.43. The third-order valence-electron chi connectivity index (χ3n) is 19.2. The molecule has 9 aromatic rings. The van der Waals surface area contributed by atoms with E-state index < -0.39 is 16.8 Å². The van der Waals surface area contributed by atoms with Crippen molar-refractivity contribution in [2.45, 2.75) is 155 Å². The van der Waals surface area contributed by atoms with Gasteiger partial charge in [0.2, 0.25) is 0 Å². The Morgan fingerprint density at radius 1 is 0.598 bits per heavy atom. The maximum absolute atomic E-state index is 14.9. The van der Waals surface area contributed by atoms with Gasteiger partial charge in [-0.05, 0) is 194 Å². The first-order chi connectivity index (χ1) is 46.4. The SMILES string of the molecule is Cc1cc(-c2cnc(N)c(Oc3cnn(C(C)(C)CC#N)c3)n2)cc2c1CCN(C)C2.Cc1cc(-c2cnc(N)c(Oc3cnn(C4CCC(C)(O)CC4)c3)n2)cc2c1CN(C)CC2.Cc1cc(-c2cnc(N)c(Oc3cnn(CC4(F)CCOCC4)c3)n2)cc2c1CCN(C)C2. The van der Waals surface area contributed by atoms with Gasteiger partial charge in [0.15, 0.2) is 34.7 Å². The molecule has 7 N–H and O–H groups in total. The van der Waals surface area contributed by atoms with Crippen LogP contribution in [-0.2, 0) is 55.7 Å². The number of hydrogen-bond acceptors (Lipinski definition) is 21. The number of nitrogens with zero attached hydrogens (tertiary/aromatic N) is 16. The molecule has 0 amide bonds. The van der Waals surface area contributed by atoms with Crippen molar-refractivity contribution >= 4 is 17.5 Å². The Labute approximate surface area is 565 Å². The molecule has 4 aliphatic heterocycles. The van der Waals surface area contributed by atoms with E-state index in [0.717, 1.165) is 107 Å². The first-order valence-electron chi connectivity index (χ1n) is 33.3. The van der Waals surface area contributed by atoms with Crippen LogP contribution in [0, 0.1) is 32.1 Å². The second-order valence-corrected chi connectivity index (χ2v) is 27.7. The van der Waals surface area contributed by atoms with Crippen LogP contribution in [0.4, 0.5) is 21.8 Å². The maximum Gasteiger partial charge on any atom is 0.263 e. The van der Waals surface area contributed by atoms with E-state index >= 15 is 0 Å². The Hall–Kier alpha value is -9.45. The Bertz CT molecular complexity index is 4350. The van der Waals surface area contributed by atoms with E-state index in [1.807, 2.05) is 31.6 Å². The lowest BCUT2D eigenvalue weighted by Crippen LogP contribution is -2.36. The van der Waals surface area contributed by atoms with Gasteiger partial charge in [-0.3, -0.25) is 14.0 Å². The molecule has 24 nitrogen and oxygen atoms in total. The normalized spacial score (nSPS) is 18.6. The van der Waals surface area contributed by atoms with Crippen LogP contribution in [0.5, 0.6) is 34.9 Å². The summed E-state index contributed by atoms with van der Waals surface area (Å²) >= 11 is 0. The van der Waals surface area contributed by atoms with E-state index in [0.29, 0.717) is 61.1 Å². The standard InChI is InChI=1S/C25H32N6O2.C24H29FN6O2.C23H27N7O/c1-16-10-18(11-17-6-9-30(3)15-21(16)17)22-13-27-23(26)24(29-22)33-20-12-28-31(14-20)19-4-7-25(2,32)8-5-19;1-16-9-17(10-18-13-30(2)6-3-20(16)18)21-12-27-22(26)23(29-21)33-19-11-28-31(14-19)15-24(25)4-7-32-8-5-24;1-15-9-16(10-17-13-29(4)8-5-19(15)17)20-12-26-21(25)22(28-20)31-18-11-27-30(14-18)23(2,3)6-7-24/h10-14,19,32H,4-9,15H2,1-3H3,(H2,26,27);9-12,14H,3-8,13,15H2,1-2H3,(H2,26,27);9-12,14H,5-6,8,13H2,1-4H3,(H2,25,26). The molecule has 0 radical (unpaired) electrons. The highest BCUT2D eigenvalue weighted by Crippen LogP contribution is 2.39. The van der Waals surface area contributed by atoms with Crippen LogP contribution in [0.1, 0.15) is 122 Å². The second kappa shape index (κ2) is 28.3. The number of alkyl halides is 1. The summed E-state index contributed by atoms with van der Waals surface area (Å²) in [5.74, 6) is 2.89. The lowest BCUT2D eigenvalue weighted by molar-refractivity contribution is -0.0194. The van der Waals surface area contributed by atoms with Gasteiger partial charge < -0.3 is 56.0 Å². The minimum Gasteiger partial charge on any atom is -0.433 e. The monoisotopic (exact) mass is 1320 g/mol. The van der Waals surface area contributed by atoms with E-state index in [-0.39, 0.29) is 47.7 Å². The molecule has 1 saturated carbocycles. The second-order valence-electron chi connectivity index (χ2n) is 27.7. The number of hydrogen-bond donors (Lipinski definition) is 4. The molecule has 508 valence electrons. The number of ether oxygens (including phenoxy) is 4. The van der Waals surface area contributed by atoms with E-state index in [1.165, 1.54) is 56.3 Å². The number of aliphatic hydroxyl groups is 1. The molecule has 1 aliphatic carbocycles. The lowest BCUT2D eigenvalue weighted by atomic mass is 9.84. The summed E-state index contributed by atoms with van der Waals surface area (Å²) in [5.41, 5.74) is 33.0. The number of likely N-dealkylation sites (N-methyl/N-ethyl adjacent to an activating group) is 3. The molecule has 97 heavy (non-hydrogen) atoms. The van der Waals surface area contributed by atoms with Crippen LogP contribution in [0.25, 0.3) is 33.8 Å². The van der Waals surface area contributed by atoms with Crippen molar-refractivity contribution in [3.05, 3.63) is 142 Å². The van der Waals surface area contributed by atoms with Gasteiger partial charge in [0.25, 0.3) is 17.6 Å². The number of halogens is 1. The molecule has 2 fully saturated rings. The van der Waals surface area contributed by atoms with Gasteiger partial charge in [-0.2, -0.15) is 20.6 Å². The molecular formula is C72H88FN19O5. The van der Waals surface area contributed by atoms with Gasteiger partial charge in [0.1, 0.15) is 5.67 Å². The lowest BCUT2D eigenvalue weighted by Gasteiger charge is -2.32. The van der Waals surface area contributed by atoms with Crippen LogP contribution in [0.3, 0.4) is 0 Å². The Morgan fingerprint density at radius 3 is 1.58 bits per heavy atom. The van der Waals surface area contributed by atoms with Gasteiger partial charge in [-0.25, -0.2) is 34.3 Å². The summed E-state index contributed by atoms with van der Waals surface area (Å²) < 4.78 is 43.2. The fraction of sp³-hybridized carbons (Fsp3) is 0.444. The van der Waals surface area contributed by atoms with E-state index in [9.17, 15) is 9.50 Å². The molecule has 6 aromatic heterocycles. The smallest absolute Gasteiger partial charge is 0.263 e. The van der Waals surface area contributed by atoms with Crippen LogP contribution in [-0.4, -0.2) is 144 Å². The first kappa shape index (κ1) is 67.5. The van der Waals surface area contributed by atoms with Crippen molar-refractivity contribution in [2.75, 3.05) is 71.2 Å². The summed E-state index contributed by atoms with van der Waals surface area (Å²) in [4.78, 5) is 33.9. The molecule has 0 bridgehead atoms. The summed E-state index contributed by atoms with van der Waals surface area (Å²) in [5, 5.41) is 32.3. The fourth-order valence-corrected chi connectivity index (χ4v) is 13.4. The zero-order valence-corrected chi connectivity index (χ0v) is 57.0. The Balaban J connectivity index is 0.000000139. The number of benzene rings is 3. The molecular weight excluding hydrogens is 1230 g/mol. The molecule has 0 spiro atoms. The van der Waals surface area contributed by atoms with E-state index in [2.05, 4.69) is 139 Å². The van der Waals surface area contributed by atoms with Gasteiger partial charge in [-0.1, -0.05) is 0 Å². The first-order valence-corrected chi connectivity index (χ1v) is 33.3. The zero-order chi connectivity index (χ0) is 68.3. The number of aryl methyl sites for hydroxylation is 3. The minimum absolute atomic E-state index is 0.157. The Kier molecular flexibility index (Phi) is 19.7. The Morgan fingerprint density at radius 2 is 1.05 bits per heavy atom. The number of rotatable bonds is 14. The number of nitrogen functional groups attached to an aromatic ring is 3. The molecule has 14 rings (SSSR count). The highest BCUT2D eigenvalue weighted by Gasteiger charge is 2.34. The van der Waals surface area contributed by atoms with Crippen LogP contribution in [0.15, 0.2) is 92.2 Å². The molecule has 1 saturated heterocycles.